The third kappa shape index (κ3) is 5.64. The molecule has 0 aliphatic carbocycles. The van der Waals surface area contributed by atoms with Crippen molar-refractivity contribution < 1.29 is 31.5 Å². The number of anilines is 3. The van der Waals surface area contributed by atoms with Gasteiger partial charge in [0.05, 0.1) is 40.9 Å². The lowest BCUT2D eigenvalue weighted by Crippen LogP contribution is -2.36. The molecule has 2 aromatic heterocycles. The SMILES string of the molecule is Nc1ncnn2c(CN3CCOCC3)cc(-c3cc(F)c(NC(=O)Nc4cc(C(F)(F)F)ccc4Cl)cc3F)c12. The molecular weight excluding hydrogens is 561 g/mol. The fraction of sp³-hybridized carbons (Fsp3) is 0.240. The summed E-state index contributed by atoms with van der Waals surface area (Å²) in [5, 5.41) is 8.26. The van der Waals surface area contributed by atoms with Crippen molar-refractivity contribution in [2.24, 2.45) is 0 Å². The Hall–Kier alpha value is -4.01. The van der Waals surface area contributed by atoms with Crippen molar-refractivity contribution in [3.8, 4) is 11.1 Å². The second-order valence-corrected chi connectivity index (χ2v) is 9.33. The number of nitrogen functional groups attached to an aromatic ring is 1. The first kappa shape index (κ1) is 27.6. The van der Waals surface area contributed by atoms with Crippen LogP contribution >= 0.6 is 11.6 Å². The number of amides is 2. The number of urea groups is 1. The number of aromatic nitrogens is 3. The summed E-state index contributed by atoms with van der Waals surface area (Å²) < 4.78 is 76.4. The number of benzene rings is 2. The van der Waals surface area contributed by atoms with E-state index < -0.39 is 35.1 Å². The quantitative estimate of drug-likeness (QED) is 0.272. The van der Waals surface area contributed by atoms with Crippen molar-refractivity contribution in [3.05, 3.63) is 70.6 Å². The molecule has 0 saturated carbocycles. The van der Waals surface area contributed by atoms with E-state index in [4.69, 9.17) is 22.1 Å². The molecule has 0 unspecified atom stereocenters. The third-order valence-corrected chi connectivity index (χ3v) is 6.61. The number of nitrogens with one attached hydrogen (secondary N) is 2. The summed E-state index contributed by atoms with van der Waals surface area (Å²) in [4.78, 5) is 18.5. The number of nitrogens with zero attached hydrogens (tertiary/aromatic N) is 4. The second-order valence-electron chi connectivity index (χ2n) is 8.93. The van der Waals surface area contributed by atoms with Gasteiger partial charge in [0.15, 0.2) is 5.82 Å². The van der Waals surface area contributed by atoms with Gasteiger partial charge in [-0.25, -0.2) is 23.1 Å². The summed E-state index contributed by atoms with van der Waals surface area (Å²) >= 11 is 5.89. The number of hydrogen-bond acceptors (Lipinski definition) is 6. The van der Waals surface area contributed by atoms with Gasteiger partial charge in [-0.15, -0.1) is 0 Å². The fourth-order valence-corrected chi connectivity index (χ4v) is 4.53. The van der Waals surface area contributed by atoms with E-state index in [-0.39, 0.29) is 33.2 Å². The van der Waals surface area contributed by atoms with Gasteiger partial charge in [-0.05, 0) is 30.3 Å². The highest BCUT2D eigenvalue weighted by Crippen LogP contribution is 2.36. The fourth-order valence-electron chi connectivity index (χ4n) is 4.36. The van der Waals surface area contributed by atoms with Crippen LogP contribution in [0.15, 0.2) is 42.7 Å². The van der Waals surface area contributed by atoms with Gasteiger partial charge in [0.2, 0.25) is 0 Å². The Balaban J connectivity index is 1.43. The Kier molecular flexibility index (Phi) is 7.49. The maximum atomic E-state index is 15.4. The molecule has 1 saturated heterocycles. The van der Waals surface area contributed by atoms with Crippen LogP contribution in [0.3, 0.4) is 0 Å². The number of alkyl halides is 3. The lowest BCUT2D eigenvalue weighted by atomic mass is 10.0. The van der Waals surface area contributed by atoms with Gasteiger partial charge < -0.3 is 21.1 Å². The first-order valence-corrected chi connectivity index (χ1v) is 12.2. The van der Waals surface area contributed by atoms with E-state index in [1.165, 1.54) is 10.8 Å². The molecule has 0 spiro atoms. The molecule has 210 valence electrons. The van der Waals surface area contributed by atoms with Gasteiger partial charge in [-0.3, -0.25) is 4.90 Å². The van der Waals surface area contributed by atoms with Gasteiger partial charge in [-0.1, -0.05) is 11.6 Å². The molecule has 5 rings (SSSR count). The second kappa shape index (κ2) is 10.9. The monoisotopic (exact) mass is 581 g/mol. The molecule has 2 aromatic carbocycles. The summed E-state index contributed by atoms with van der Waals surface area (Å²) in [6, 6.07) is 4.47. The number of halogens is 6. The average Bonchev–Trinajstić information content (AvgIpc) is 3.26. The van der Waals surface area contributed by atoms with Crippen molar-refractivity contribution in [1.29, 1.82) is 0 Å². The van der Waals surface area contributed by atoms with Crippen LogP contribution in [0.4, 0.5) is 43.9 Å². The number of carbonyl (C=O) groups excluding carboxylic acids is 1. The van der Waals surface area contributed by atoms with E-state index in [0.717, 1.165) is 24.3 Å². The van der Waals surface area contributed by atoms with Gasteiger partial charge in [0.1, 0.15) is 23.5 Å². The molecule has 4 N–H and O–H groups in total. The van der Waals surface area contributed by atoms with Crippen molar-refractivity contribution in [2.45, 2.75) is 12.7 Å². The van der Waals surface area contributed by atoms with Crippen LogP contribution in [-0.2, 0) is 17.5 Å². The summed E-state index contributed by atoms with van der Waals surface area (Å²) in [6.45, 7) is 2.94. The van der Waals surface area contributed by atoms with Crippen LogP contribution in [0.5, 0.6) is 0 Å². The zero-order valence-electron chi connectivity index (χ0n) is 20.5. The van der Waals surface area contributed by atoms with Crippen LogP contribution in [0.25, 0.3) is 16.6 Å². The van der Waals surface area contributed by atoms with Gasteiger partial charge in [0, 0.05) is 36.8 Å². The Morgan fingerprint density at radius 1 is 1.02 bits per heavy atom. The van der Waals surface area contributed by atoms with E-state index in [0.29, 0.717) is 44.6 Å². The molecular formula is C25H21ClF5N7O2. The summed E-state index contributed by atoms with van der Waals surface area (Å²) in [7, 11) is 0. The molecule has 15 heteroatoms. The molecule has 1 fully saturated rings. The summed E-state index contributed by atoms with van der Waals surface area (Å²) in [5.74, 6) is -1.86. The number of hydrogen-bond donors (Lipinski definition) is 3. The zero-order valence-corrected chi connectivity index (χ0v) is 21.3. The molecule has 40 heavy (non-hydrogen) atoms. The van der Waals surface area contributed by atoms with E-state index in [9.17, 15) is 18.0 Å². The zero-order chi connectivity index (χ0) is 28.6. The lowest BCUT2D eigenvalue weighted by Gasteiger charge is -2.26. The minimum Gasteiger partial charge on any atom is -0.382 e. The third-order valence-electron chi connectivity index (χ3n) is 6.28. The first-order chi connectivity index (χ1) is 19.0. The van der Waals surface area contributed by atoms with Gasteiger partial charge >= 0.3 is 12.2 Å². The minimum absolute atomic E-state index is 0.0533. The predicted molar refractivity (Wildman–Crippen MR) is 138 cm³/mol. The number of morpholine rings is 1. The maximum Gasteiger partial charge on any atom is 0.416 e. The van der Waals surface area contributed by atoms with Crippen LogP contribution in [-0.4, -0.2) is 51.8 Å². The van der Waals surface area contributed by atoms with E-state index in [1.54, 1.807) is 6.07 Å². The highest BCUT2D eigenvalue weighted by Gasteiger charge is 2.31. The molecule has 0 atom stereocenters. The van der Waals surface area contributed by atoms with Crippen LogP contribution < -0.4 is 16.4 Å². The molecule has 1 aliphatic rings. The highest BCUT2D eigenvalue weighted by atomic mass is 35.5. The normalized spacial score (nSPS) is 14.4. The van der Waals surface area contributed by atoms with Crippen molar-refractivity contribution in [1.82, 2.24) is 19.5 Å². The van der Waals surface area contributed by atoms with Crippen molar-refractivity contribution in [3.63, 3.8) is 0 Å². The summed E-state index contributed by atoms with van der Waals surface area (Å²) in [5.41, 5.74) is 5.14. The Morgan fingerprint density at radius 3 is 2.48 bits per heavy atom. The number of ether oxygens (including phenoxy) is 1. The topological polar surface area (TPSA) is 110 Å². The van der Waals surface area contributed by atoms with Crippen LogP contribution in [0.1, 0.15) is 11.3 Å². The lowest BCUT2D eigenvalue weighted by molar-refractivity contribution is -0.137. The number of nitrogens with two attached hydrogens (primary N) is 1. The van der Waals surface area contributed by atoms with E-state index in [1.807, 2.05) is 0 Å². The standard InChI is InChI=1S/C25H21ClF5N7O2/c26-17-2-1-13(25(29,30)31)7-20(17)35-24(39)36-21-10-18(27)15(9-19(21)28)16-8-14(11-37-3-5-40-6-4-37)38-22(16)23(32)33-12-34-38/h1-2,7-10,12H,3-6,11H2,(H2,32,33,34)(H2,35,36,39). The highest BCUT2D eigenvalue weighted by molar-refractivity contribution is 6.33. The number of carbonyl (C=O) groups is 1. The predicted octanol–water partition coefficient (Wildman–Crippen LogP) is 5.41. The molecule has 9 nitrogen and oxygen atoms in total. The first-order valence-electron chi connectivity index (χ1n) is 11.9. The smallest absolute Gasteiger partial charge is 0.382 e. The summed E-state index contributed by atoms with van der Waals surface area (Å²) in [6.07, 6.45) is -3.42. The van der Waals surface area contributed by atoms with Gasteiger partial charge in [-0.2, -0.15) is 18.3 Å². The Morgan fingerprint density at radius 2 is 1.75 bits per heavy atom. The van der Waals surface area contributed by atoms with Crippen molar-refractivity contribution >= 4 is 40.3 Å². The molecule has 0 radical (unpaired) electrons. The molecule has 1 aliphatic heterocycles. The maximum absolute atomic E-state index is 15.4. The average molecular weight is 582 g/mol. The largest absolute Gasteiger partial charge is 0.416 e. The van der Waals surface area contributed by atoms with Crippen molar-refractivity contribution in [2.75, 3.05) is 42.7 Å². The Bertz CT molecular complexity index is 1590. The molecule has 2 amide bonds. The minimum atomic E-state index is -4.68. The molecule has 3 heterocycles. The Labute approximate surface area is 228 Å². The van der Waals surface area contributed by atoms with E-state index >= 15 is 8.78 Å². The molecule has 0 bridgehead atoms. The van der Waals surface area contributed by atoms with Crippen LogP contribution in [0.2, 0.25) is 5.02 Å². The van der Waals surface area contributed by atoms with Gasteiger partial charge in [0.25, 0.3) is 0 Å². The van der Waals surface area contributed by atoms with E-state index in [2.05, 4.69) is 25.6 Å². The van der Waals surface area contributed by atoms with Crippen LogP contribution in [0, 0.1) is 11.6 Å². The number of fused-ring (bicyclic) bond motifs is 1. The number of rotatable bonds is 5. The molecule has 4 aromatic rings.